The fourth-order valence-electron chi connectivity index (χ4n) is 3.91. The van der Waals surface area contributed by atoms with Gasteiger partial charge in [0.15, 0.2) is 0 Å². The number of rotatable bonds is 6. The van der Waals surface area contributed by atoms with E-state index >= 15 is 0 Å². The number of benzene rings is 3. The molecule has 0 unspecified atom stereocenters. The number of carbonyl (C=O) groups is 1. The van der Waals surface area contributed by atoms with E-state index in [4.69, 9.17) is 30.5 Å². The molecule has 33 heavy (non-hydrogen) atoms. The van der Waals surface area contributed by atoms with Crippen LogP contribution < -0.4 is 19.1 Å². The SMILES string of the molecule is COc1ccc(CN2C(=O)CO[C@H](c3cccc(OC)c3Cl)c3cc(Br)ccc32)c(OC)c1. The van der Waals surface area contributed by atoms with Crippen LogP contribution in [-0.2, 0) is 16.1 Å². The zero-order chi connectivity index (χ0) is 23.5. The van der Waals surface area contributed by atoms with Gasteiger partial charge in [-0.1, -0.05) is 39.7 Å². The molecule has 6 nitrogen and oxygen atoms in total. The average molecular weight is 533 g/mol. The molecule has 4 rings (SSSR count). The molecular formula is C25H23BrClNO5. The minimum Gasteiger partial charge on any atom is -0.497 e. The number of methoxy groups -OCH3 is 3. The topological polar surface area (TPSA) is 57.2 Å². The maximum absolute atomic E-state index is 13.2. The Morgan fingerprint density at radius 1 is 1.00 bits per heavy atom. The second-order valence-electron chi connectivity index (χ2n) is 7.42. The summed E-state index contributed by atoms with van der Waals surface area (Å²) in [6.45, 7) is 0.200. The summed E-state index contributed by atoms with van der Waals surface area (Å²) in [7, 11) is 4.76. The fraction of sp³-hybridized carbons (Fsp3) is 0.240. The lowest BCUT2D eigenvalue weighted by molar-refractivity contribution is -0.123. The van der Waals surface area contributed by atoms with E-state index in [1.54, 1.807) is 38.4 Å². The molecule has 0 radical (unpaired) electrons. The third kappa shape index (κ3) is 4.67. The molecule has 1 aliphatic rings. The van der Waals surface area contributed by atoms with Crippen molar-refractivity contribution in [2.45, 2.75) is 12.6 Å². The van der Waals surface area contributed by atoms with E-state index in [2.05, 4.69) is 15.9 Å². The lowest BCUT2D eigenvalue weighted by atomic mass is 9.98. The first kappa shape index (κ1) is 23.4. The predicted molar refractivity (Wildman–Crippen MR) is 131 cm³/mol. The van der Waals surface area contributed by atoms with Crippen molar-refractivity contribution in [1.29, 1.82) is 0 Å². The first-order valence-electron chi connectivity index (χ1n) is 10.2. The lowest BCUT2D eigenvalue weighted by Crippen LogP contribution is -2.32. The molecule has 0 aliphatic carbocycles. The smallest absolute Gasteiger partial charge is 0.253 e. The normalized spacial score (nSPS) is 15.6. The van der Waals surface area contributed by atoms with E-state index in [0.29, 0.717) is 28.8 Å². The van der Waals surface area contributed by atoms with E-state index in [9.17, 15) is 4.79 Å². The molecule has 1 amide bonds. The summed E-state index contributed by atoms with van der Waals surface area (Å²) in [5.41, 5.74) is 3.13. The maximum atomic E-state index is 13.2. The van der Waals surface area contributed by atoms with Crippen LogP contribution in [0.5, 0.6) is 17.2 Å². The molecular weight excluding hydrogens is 510 g/mol. The highest BCUT2D eigenvalue weighted by molar-refractivity contribution is 9.10. The van der Waals surface area contributed by atoms with E-state index < -0.39 is 6.10 Å². The van der Waals surface area contributed by atoms with E-state index in [0.717, 1.165) is 26.9 Å². The molecule has 3 aromatic rings. The summed E-state index contributed by atoms with van der Waals surface area (Å²) in [4.78, 5) is 14.9. The molecule has 0 fully saturated rings. The number of amides is 1. The van der Waals surface area contributed by atoms with Crippen LogP contribution in [0.3, 0.4) is 0 Å². The van der Waals surface area contributed by atoms with Crippen LogP contribution in [0, 0.1) is 0 Å². The number of nitrogens with zero attached hydrogens (tertiary/aromatic N) is 1. The van der Waals surface area contributed by atoms with Crippen LogP contribution in [0.25, 0.3) is 0 Å². The molecule has 1 aliphatic heterocycles. The van der Waals surface area contributed by atoms with Crippen molar-refractivity contribution in [3.05, 3.63) is 80.8 Å². The van der Waals surface area contributed by atoms with Gasteiger partial charge in [-0.05, 0) is 36.4 Å². The van der Waals surface area contributed by atoms with Gasteiger partial charge in [-0.15, -0.1) is 0 Å². The van der Waals surface area contributed by atoms with Gasteiger partial charge in [-0.3, -0.25) is 4.79 Å². The Labute approximate surface area is 206 Å². The van der Waals surface area contributed by atoms with Crippen LogP contribution in [0.1, 0.15) is 22.8 Å². The Morgan fingerprint density at radius 3 is 2.52 bits per heavy atom. The minimum absolute atomic E-state index is 0.108. The summed E-state index contributed by atoms with van der Waals surface area (Å²) in [6, 6.07) is 16.8. The Kier molecular flexibility index (Phi) is 7.12. The van der Waals surface area contributed by atoms with Gasteiger partial charge in [-0.2, -0.15) is 0 Å². The molecule has 0 saturated heterocycles. The molecule has 1 heterocycles. The standard InChI is InChI=1S/C25H23BrClNO5/c1-30-17-9-7-15(22(12-17)32-3)13-28-20-10-8-16(26)11-19(20)25(33-14-23(28)29)18-5-4-6-21(31-2)24(18)27/h4-12,25H,13-14H2,1-3H3/t25-/m1/s1. The molecule has 0 bridgehead atoms. The minimum atomic E-state index is -0.549. The van der Waals surface area contributed by atoms with Crippen molar-refractivity contribution in [3.63, 3.8) is 0 Å². The zero-order valence-corrected chi connectivity index (χ0v) is 20.8. The molecule has 0 spiro atoms. The monoisotopic (exact) mass is 531 g/mol. The Balaban J connectivity index is 1.80. The van der Waals surface area contributed by atoms with Gasteiger partial charge < -0.3 is 23.8 Å². The number of ether oxygens (including phenoxy) is 4. The summed E-state index contributed by atoms with van der Waals surface area (Å²) in [5.74, 6) is 1.69. The maximum Gasteiger partial charge on any atom is 0.253 e. The Hall–Kier alpha value is -2.74. The molecule has 3 aromatic carbocycles. The lowest BCUT2D eigenvalue weighted by Gasteiger charge is -2.25. The summed E-state index contributed by atoms with van der Waals surface area (Å²) < 4.78 is 23.2. The Morgan fingerprint density at radius 2 is 1.79 bits per heavy atom. The first-order valence-corrected chi connectivity index (χ1v) is 11.4. The highest BCUT2D eigenvalue weighted by atomic mass is 79.9. The van der Waals surface area contributed by atoms with E-state index in [-0.39, 0.29) is 12.5 Å². The number of halogens is 2. The van der Waals surface area contributed by atoms with Gasteiger partial charge in [0, 0.05) is 27.2 Å². The van der Waals surface area contributed by atoms with Crippen LogP contribution in [0.15, 0.2) is 59.1 Å². The van der Waals surface area contributed by atoms with Crippen molar-refractivity contribution in [2.24, 2.45) is 0 Å². The Bertz CT molecular complexity index is 1190. The van der Waals surface area contributed by atoms with Gasteiger partial charge in [0.1, 0.15) is 30.0 Å². The second kappa shape index (κ2) is 10.0. The summed E-state index contributed by atoms with van der Waals surface area (Å²) >= 11 is 10.2. The molecule has 172 valence electrons. The van der Waals surface area contributed by atoms with Crippen LogP contribution in [0.2, 0.25) is 5.02 Å². The summed E-state index contributed by atoms with van der Waals surface area (Å²) in [6.07, 6.45) is -0.549. The van der Waals surface area contributed by atoms with E-state index in [1.807, 2.05) is 42.5 Å². The predicted octanol–water partition coefficient (Wildman–Crippen LogP) is 5.78. The van der Waals surface area contributed by atoms with Gasteiger partial charge in [0.05, 0.1) is 38.6 Å². The molecule has 0 saturated carbocycles. The zero-order valence-electron chi connectivity index (χ0n) is 18.4. The van der Waals surface area contributed by atoms with Crippen LogP contribution in [-0.4, -0.2) is 33.8 Å². The van der Waals surface area contributed by atoms with Gasteiger partial charge in [0.25, 0.3) is 5.91 Å². The van der Waals surface area contributed by atoms with Gasteiger partial charge in [-0.25, -0.2) is 0 Å². The van der Waals surface area contributed by atoms with Crippen molar-refractivity contribution in [2.75, 3.05) is 32.8 Å². The van der Waals surface area contributed by atoms with Crippen LogP contribution >= 0.6 is 27.5 Å². The molecule has 0 aromatic heterocycles. The second-order valence-corrected chi connectivity index (χ2v) is 8.71. The fourth-order valence-corrected chi connectivity index (χ4v) is 4.59. The number of anilines is 1. The highest BCUT2D eigenvalue weighted by Gasteiger charge is 2.32. The van der Waals surface area contributed by atoms with Crippen LogP contribution in [0.4, 0.5) is 5.69 Å². The van der Waals surface area contributed by atoms with Gasteiger partial charge in [0.2, 0.25) is 0 Å². The third-order valence-corrected chi connectivity index (χ3v) is 6.45. The average Bonchev–Trinajstić information content (AvgIpc) is 2.96. The number of fused-ring (bicyclic) bond motifs is 1. The van der Waals surface area contributed by atoms with Crippen molar-refractivity contribution >= 4 is 39.1 Å². The van der Waals surface area contributed by atoms with Gasteiger partial charge >= 0.3 is 0 Å². The largest absolute Gasteiger partial charge is 0.497 e. The highest BCUT2D eigenvalue weighted by Crippen LogP contribution is 2.43. The first-order chi connectivity index (χ1) is 16.0. The molecule has 1 atom stereocenters. The van der Waals surface area contributed by atoms with Crippen molar-refractivity contribution in [3.8, 4) is 17.2 Å². The number of hydrogen-bond donors (Lipinski definition) is 0. The summed E-state index contributed by atoms with van der Waals surface area (Å²) in [5, 5.41) is 0.452. The quantitative estimate of drug-likeness (QED) is 0.403. The number of carbonyl (C=O) groups excluding carboxylic acids is 1. The third-order valence-electron chi connectivity index (χ3n) is 5.56. The van der Waals surface area contributed by atoms with E-state index in [1.165, 1.54) is 0 Å². The number of hydrogen-bond acceptors (Lipinski definition) is 5. The van der Waals surface area contributed by atoms with Crippen molar-refractivity contribution in [1.82, 2.24) is 0 Å². The van der Waals surface area contributed by atoms with Crippen molar-refractivity contribution < 1.29 is 23.7 Å². The molecule has 8 heteroatoms. The molecule has 0 N–H and O–H groups in total.